The van der Waals surface area contributed by atoms with Crippen LogP contribution in [0.2, 0.25) is 0 Å². The second kappa shape index (κ2) is 5.61. The molecule has 0 amide bonds. The molecule has 0 saturated carbocycles. The number of rotatable bonds is 4. The topological polar surface area (TPSA) is 32.3 Å². The van der Waals surface area contributed by atoms with Gasteiger partial charge in [-0.25, -0.2) is 4.39 Å². The van der Waals surface area contributed by atoms with E-state index >= 15 is 0 Å². The van der Waals surface area contributed by atoms with Gasteiger partial charge in [0, 0.05) is 19.2 Å². The SMILES string of the molecule is CC(CO)CNC1CCCc2cc(F)ccc21. The van der Waals surface area contributed by atoms with Gasteiger partial charge in [0.15, 0.2) is 0 Å². The summed E-state index contributed by atoms with van der Waals surface area (Å²) in [7, 11) is 0. The van der Waals surface area contributed by atoms with Gasteiger partial charge in [-0.3, -0.25) is 0 Å². The van der Waals surface area contributed by atoms with Crippen molar-refractivity contribution in [3.8, 4) is 0 Å². The zero-order chi connectivity index (χ0) is 12.3. The average molecular weight is 237 g/mol. The molecule has 0 spiro atoms. The van der Waals surface area contributed by atoms with Crippen molar-refractivity contribution in [3.05, 3.63) is 35.1 Å². The van der Waals surface area contributed by atoms with Gasteiger partial charge < -0.3 is 10.4 Å². The third kappa shape index (κ3) is 3.05. The Balaban J connectivity index is 2.06. The van der Waals surface area contributed by atoms with Crippen LogP contribution in [-0.2, 0) is 6.42 Å². The number of halogens is 1. The smallest absolute Gasteiger partial charge is 0.123 e. The first kappa shape index (κ1) is 12.5. The molecule has 17 heavy (non-hydrogen) atoms. The van der Waals surface area contributed by atoms with E-state index in [0.29, 0.717) is 6.04 Å². The highest BCUT2D eigenvalue weighted by atomic mass is 19.1. The fraction of sp³-hybridized carbons (Fsp3) is 0.571. The number of aryl methyl sites for hydroxylation is 1. The van der Waals surface area contributed by atoms with Crippen LogP contribution < -0.4 is 5.32 Å². The molecule has 1 aliphatic carbocycles. The fourth-order valence-corrected chi connectivity index (χ4v) is 2.40. The minimum atomic E-state index is -0.145. The molecule has 0 heterocycles. The monoisotopic (exact) mass is 237 g/mol. The van der Waals surface area contributed by atoms with Gasteiger partial charge in [0.05, 0.1) is 0 Å². The van der Waals surface area contributed by atoms with Crippen molar-refractivity contribution in [2.45, 2.75) is 32.2 Å². The Kier molecular flexibility index (Phi) is 4.13. The Morgan fingerprint density at radius 1 is 1.53 bits per heavy atom. The number of aliphatic hydroxyl groups excluding tert-OH is 1. The minimum absolute atomic E-state index is 0.145. The van der Waals surface area contributed by atoms with E-state index in [1.165, 1.54) is 11.6 Å². The summed E-state index contributed by atoms with van der Waals surface area (Å²) in [5, 5.41) is 12.5. The zero-order valence-corrected chi connectivity index (χ0v) is 10.2. The molecule has 94 valence electrons. The Labute approximate surface area is 102 Å². The largest absolute Gasteiger partial charge is 0.396 e. The number of nitrogens with one attached hydrogen (secondary N) is 1. The van der Waals surface area contributed by atoms with Crippen LogP contribution in [0.3, 0.4) is 0 Å². The summed E-state index contributed by atoms with van der Waals surface area (Å²) in [4.78, 5) is 0. The van der Waals surface area contributed by atoms with Crippen LogP contribution in [0.15, 0.2) is 18.2 Å². The molecular formula is C14H20FNO. The molecule has 3 heteroatoms. The van der Waals surface area contributed by atoms with Crippen molar-refractivity contribution in [3.63, 3.8) is 0 Å². The van der Waals surface area contributed by atoms with Crippen LogP contribution >= 0.6 is 0 Å². The number of aliphatic hydroxyl groups is 1. The van der Waals surface area contributed by atoms with E-state index in [2.05, 4.69) is 5.32 Å². The number of benzene rings is 1. The van der Waals surface area contributed by atoms with Gasteiger partial charge >= 0.3 is 0 Å². The van der Waals surface area contributed by atoms with Crippen molar-refractivity contribution in [2.24, 2.45) is 5.92 Å². The van der Waals surface area contributed by atoms with Crippen molar-refractivity contribution in [1.29, 1.82) is 0 Å². The van der Waals surface area contributed by atoms with Crippen molar-refractivity contribution in [2.75, 3.05) is 13.2 Å². The van der Waals surface area contributed by atoms with E-state index in [-0.39, 0.29) is 18.3 Å². The van der Waals surface area contributed by atoms with Gasteiger partial charge in [-0.2, -0.15) is 0 Å². The van der Waals surface area contributed by atoms with E-state index in [0.717, 1.165) is 31.4 Å². The molecular weight excluding hydrogens is 217 g/mol. The lowest BCUT2D eigenvalue weighted by Gasteiger charge is -2.27. The summed E-state index contributed by atoms with van der Waals surface area (Å²) in [6, 6.07) is 5.39. The van der Waals surface area contributed by atoms with Crippen molar-refractivity contribution >= 4 is 0 Å². The lowest BCUT2D eigenvalue weighted by atomic mass is 9.87. The second-order valence-electron chi connectivity index (χ2n) is 4.98. The molecule has 0 aliphatic heterocycles. The predicted octanol–water partition coefficient (Wildman–Crippen LogP) is 2.42. The number of hydrogen-bond donors (Lipinski definition) is 2. The number of hydrogen-bond acceptors (Lipinski definition) is 2. The average Bonchev–Trinajstić information content (AvgIpc) is 2.35. The molecule has 0 saturated heterocycles. The summed E-state index contributed by atoms with van der Waals surface area (Å²) in [6.45, 7) is 3.02. The van der Waals surface area contributed by atoms with Gasteiger partial charge in [-0.05, 0) is 48.4 Å². The Hall–Kier alpha value is -0.930. The van der Waals surface area contributed by atoms with Gasteiger partial charge in [0.1, 0.15) is 5.82 Å². The maximum Gasteiger partial charge on any atom is 0.123 e. The molecule has 1 aromatic rings. The highest BCUT2D eigenvalue weighted by molar-refractivity contribution is 5.32. The number of fused-ring (bicyclic) bond motifs is 1. The van der Waals surface area contributed by atoms with Crippen LogP contribution in [0.25, 0.3) is 0 Å². The van der Waals surface area contributed by atoms with E-state index in [1.54, 1.807) is 6.07 Å². The van der Waals surface area contributed by atoms with Gasteiger partial charge in [-0.15, -0.1) is 0 Å². The van der Waals surface area contributed by atoms with Crippen molar-refractivity contribution < 1.29 is 9.50 Å². The Morgan fingerprint density at radius 2 is 2.35 bits per heavy atom. The first-order valence-electron chi connectivity index (χ1n) is 6.33. The molecule has 1 aromatic carbocycles. The highest BCUT2D eigenvalue weighted by Crippen LogP contribution is 2.30. The molecule has 1 aliphatic rings. The molecule has 0 aromatic heterocycles. The summed E-state index contributed by atoms with van der Waals surface area (Å²) in [6.07, 6.45) is 3.17. The predicted molar refractivity (Wildman–Crippen MR) is 66.3 cm³/mol. The molecule has 0 fully saturated rings. The quantitative estimate of drug-likeness (QED) is 0.843. The highest BCUT2D eigenvalue weighted by Gasteiger charge is 2.20. The standard InChI is InChI=1S/C14H20FNO/c1-10(9-17)8-16-14-4-2-3-11-7-12(15)5-6-13(11)14/h5-7,10,14,16-17H,2-4,8-9H2,1H3. The van der Waals surface area contributed by atoms with Crippen LogP contribution in [0, 0.1) is 11.7 Å². The molecule has 2 N–H and O–H groups in total. The maximum absolute atomic E-state index is 13.1. The maximum atomic E-state index is 13.1. The van der Waals surface area contributed by atoms with E-state index in [4.69, 9.17) is 5.11 Å². The van der Waals surface area contributed by atoms with Crippen LogP contribution in [-0.4, -0.2) is 18.3 Å². The Morgan fingerprint density at radius 3 is 3.12 bits per heavy atom. The third-order valence-corrected chi connectivity index (χ3v) is 3.44. The molecule has 0 bridgehead atoms. The summed E-state index contributed by atoms with van der Waals surface area (Å²) in [5.74, 6) is 0.119. The van der Waals surface area contributed by atoms with Gasteiger partial charge in [0.25, 0.3) is 0 Å². The molecule has 2 rings (SSSR count). The summed E-state index contributed by atoms with van der Waals surface area (Å²) < 4.78 is 13.1. The molecule has 0 radical (unpaired) electrons. The normalized spacial score (nSPS) is 21.0. The van der Waals surface area contributed by atoms with E-state index in [1.807, 2.05) is 13.0 Å². The summed E-state index contributed by atoms with van der Waals surface area (Å²) >= 11 is 0. The first-order valence-corrected chi connectivity index (χ1v) is 6.33. The molecule has 2 atom stereocenters. The first-order chi connectivity index (χ1) is 8.20. The van der Waals surface area contributed by atoms with Crippen LogP contribution in [0.1, 0.15) is 36.9 Å². The Bertz CT molecular complexity index is 380. The molecule has 2 nitrogen and oxygen atoms in total. The van der Waals surface area contributed by atoms with Gasteiger partial charge in [-0.1, -0.05) is 13.0 Å². The van der Waals surface area contributed by atoms with Crippen LogP contribution in [0.4, 0.5) is 4.39 Å². The minimum Gasteiger partial charge on any atom is -0.396 e. The zero-order valence-electron chi connectivity index (χ0n) is 10.2. The fourth-order valence-electron chi connectivity index (χ4n) is 2.40. The lowest BCUT2D eigenvalue weighted by Crippen LogP contribution is -2.30. The third-order valence-electron chi connectivity index (χ3n) is 3.44. The van der Waals surface area contributed by atoms with E-state index < -0.39 is 0 Å². The van der Waals surface area contributed by atoms with E-state index in [9.17, 15) is 4.39 Å². The van der Waals surface area contributed by atoms with Gasteiger partial charge in [0.2, 0.25) is 0 Å². The van der Waals surface area contributed by atoms with Crippen molar-refractivity contribution in [1.82, 2.24) is 5.32 Å². The second-order valence-corrected chi connectivity index (χ2v) is 4.98. The summed E-state index contributed by atoms with van der Waals surface area (Å²) in [5.41, 5.74) is 2.35. The lowest BCUT2D eigenvalue weighted by molar-refractivity contribution is 0.228. The molecule has 2 unspecified atom stereocenters. The van der Waals surface area contributed by atoms with Crippen LogP contribution in [0.5, 0.6) is 0 Å².